The predicted octanol–water partition coefficient (Wildman–Crippen LogP) is 1.84. The van der Waals surface area contributed by atoms with Crippen LogP contribution in [0.25, 0.3) is 0 Å². The zero-order chi connectivity index (χ0) is 8.10. The average molecular weight is 158 g/mol. The lowest BCUT2D eigenvalue weighted by Gasteiger charge is -2.22. The van der Waals surface area contributed by atoms with Gasteiger partial charge in [0.15, 0.2) is 0 Å². The van der Waals surface area contributed by atoms with Crippen molar-refractivity contribution in [1.82, 2.24) is 0 Å². The molecule has 0 aromatic heterocycles. The molecule has 0 bridgehead atoms. The van der Waals surface area contributed by atoms with Gasteiger partial charge >= 0.3 is 0 Å². The number of ether oxygens (including phenoxy) is 2. The van der Waals surface area contributed by atoms with E-state index in [1.54, 1.807) is 0 Å². The molecule has 0 aliphatic carbocycles. The van der Waals surface area contributed by atoms with Crippen molar-refractivity contribution in [3.8, 4) is 0 Å². The number of hydrogen-bond acceptors (Lipinski definition) is 2. The molecule has 2 heteroatoms. The standard InChI is InChI=1S/C9H18O2/c1-8(2)11-7-9-3-5-10-6-4-9/h8-9H,3-7H2,1-2H3. The Hall–Kier alpha value is -0.0800. The van der Waals surface area contributed by atoms with Crippen molar-refractivity contribution in [3.05, 3.63) is 0 Å². The SMILES string of the molecule is CC(C)OCC1CCOCC1. The highest BCUT2D eigenvalue weighted by atomic mass is 16.5. The topological polar surface area (TPSA) is 18.5 Å². The van der Waals surface area contributed by atoms with Gasteiger partial charge in [0.05, 0.1) is 6.10 Å². The molecule has 1 fully saturated rings. The third-order valence-corrected chi connectivity index (χ3v) is 2.01. The quantitative estimate of drug-likeness (QED) is 0.624. The molecule has 1 saturated heterocycles. The molecule has 0 atom stereocenters. The Morgan fingerprint density at radius 3 is 2.55 bits per heavy atom. The van der Waals surface area contributed by atoms with Crippen LogP contribution in [0.1, 0.15) is 26.7 Å². The molecular formula is C9H18O2. The Morgan fingerprint density at radius 1 is 1.36 bits per heavy atom. The summed E-state index contributed by atoms with van der Waals surface area (Å²) in [6, 6.07) is 0. The molecular weight excluding hydrogens is 140 g/mol. The van der Waals surface area contributed by atoms with Crippen LogP contribution in [-0.4, -0.2) is 25.9 Å². The average Bonchev–Trinajstić information content (AvgIpc) is 2.03. The lowest BCUT2D eigenvalue weighted by atomic mass is 10.0. The molecule has 0 aromatic rings. The van der Waals surface area contributed by atoms with Gasteiger partial charge in [-0.1, -0.05) is 0 Å². The largest absolute Gasteiger partial charge is 0.381 e. The minimum atomic E-state index is 0.373. The van der Waals surface area contributed by atoms with Crippen molar-refractivity contribution in [1.29, 1.82) is 0 Å². The van der Waals surface area contributed by atoms with E-state index in [4.69, 9.17) is 9.47 Å². The Bertz CT molecular complexity index is 95.7. The van der Waals surface area contributed by atoms with Gasteiger partial charge in [-0.25, -0.2) is 0 Å². The van der Waals surface area contributed by atoms with Crippen LogP contribution in [0.5, 0.6) is 0 Å². The van der Waals surface area contributed by atoms with Crippen molar-refractivity contribution in [2.75, 3.05) is 19.8 Å². The van der Waals surface area contributed by atoms with Crippen LogP contribution in [-0.2, 0) is 9.47 Å². The molecule has 1 aliphatic rings. The summed E-state index contributed by atoms with van der Waals surface area (Å²) in [5, 5.41) is 0. The summed E-state index contributed by atoms with van der Waals surface area (Å²) in [4.78, 5) is 0. The van der Waals surface area contributed by atoms with Crippen molar-refractivity contribution in [2.45, 2.75) is 32.8 Å². The van der Waals surface area contributed by atoms with Crippen molar-refractivity contribution in [3.63, 3.8) is 0 Å². The molecule has 1 heterocycles. The minimum Gasteiger partial charge on any atom is -0.381 e. The van der Waals surface area contributed by atoms with E-state index >= 15 is 0 Å². The maximum Gasteiger partial charge on any atom is 0.0519 e. The first-order valence-electron chi connectivity index (χ1n) is 4.48. The van der Waals surface area contributed by atoms with Gasteiger partial charge in [0.2, 0.25) is 0 Å². The maximum atomic E-state index is 5.53. The van der Waals surface area contributed by atoms with Gasteiger partial charge in [-0.3, -0.25) is 0 Å². The molecule has 11 heavy (non-hydrogen) atoms. The van der Waals surface area contributed by atoms with Crippen molar-refractivity contribution in [2.24, 2.45) is 5.92 Å². The van der Waals surface area contributed by atoms with Crippen LogP contribution in [0.3, 0.4) is 0 Å². The molecule has 0 spiro atoms. The van der Waals surface area contributed by atoms with E-state index in [-0.39, 0.29) is 0 Å². The molecule has 2 nitrogen and oxygen atoms in total. The van der Waals surface area contributed by atoms with Gasteiger partial charge in [0.25, 0.3) is 0 Å². The third-order valence-electron chi connectivity index (χ3n) is 2.01. The molecule has 0 unspecified atom stereocenters. The van der Waals surface area contributed by atoms with Crippen LogP contribution >= 0.6 is 0 Å². The molecule has 0 amide bonds. The van der Waals surface area contributed by atoms with Crippen LogP contribution in [0.4, 0.5) is 0 Å². The fourth-order valence-electron chi connectivity index (χ4n) is 1.24. The summed E-state index contributed by atoms with van der Waals surface area (Å²) < 4.78 is 10.8. The van der Waals surface area contributed by atoms with Gasteiger partial charge in [0.1, 0.15) is 0 Å². The van der Waals surface area contributed by atoms with Gasteiger partial charge in [-0.2, -0.15) is 0 Å². The van der Waals surface area contributed by atoms with E-state index in [2.05, 4.69) is 13.8 Å². The first-order valence-corrected chi connectivity index (χ1v) is 4.48. The van der Waals surface area contributed by atoms with Crippen molar-refractivity contribution >= 4 is 0 Å². The van der Waals surface area contributed by atoms with Crippen molar-refractivity contribution < 1.29 is 9.47 Å². The zero-order valence-corrected chi connectivity index (χ0v) is 7.51. The lowest BCUT2D eigenvalue weighted by molar-refractivity contribution is 0.000749. The second kappa shape index (κ2) is 4.73. The normalized spacial score (nSPS) is 21.0. The van der Waals surface area contributed by atoms with E-state index < -0.39 is 0 Å². The Balaban J connectivity index is 2.05. The molecule has 1 aliphatic heterocycles. The zero-order valence-electron chi connectivity index (χ0n) is 7.51. The monoisotopic (exact) mass is 158 g/mol. The van der Waals surface area contributed by atoms with Gasteiger partial charge in [-0.15, -0.1) is 0 Å². The first kappa shape index (κ1) is 9.01. The van der Waals surface area contributed by atoms with E-state index in [9.17, 15) is 0 Å². The van der Waals surface area contributed by atoms with E-state index in [0.29, 0.717) is 6.10 Å². The summed E-state index contributed by atoms with van der Waals surface area (Å²) in [6.07, 6.45) is 2.72. The van der Waals surface area contributed by atoms with E-state index in [0.717, 1.165) is 25.7 Å². The van der Waals surface area contributed by atoms with Crippen LogP contribution in [0.15, 0.2) is 0 Å². The summed E-state index contributed by atoms with van der Waals surface area (Å²) in [5.41, 5.74) is 0. The molecule has 0 N–H and O–H groups in total. The number of hydrogen-bond donors (Lipinski definition) is 0. The number of rotatable bonds is 3. The smallest absolute Gasteiger partial charge is 0.0519 e. The van der Waals surface area contributed by atoms with Gasteiger partial charge in [-0.05, 0) is 32.6 Å². The molecule has 0 saturated carbocycles. The fourth-order valence-corrected chi connectivity index (χ4v) is 1.24. The highest BCUT2D eigenvalue weighted by Crippen LogP contribution is 2.15. The Labute approximate surface area is 68.9 Å². The molecule has 66 valence electrons. The lowest BCUT2D eigenvalue weighted by Crippen LogP contribution is -2.21. The second-order valence-electron chi connectivity index (χ2n) is 3.44. The fraction of sp³-hybridized carbons (Fsp3) is 1.00. The van der Waals surface area contributed by atoms with Crippen LogP contribution in [0.2, 0.25) is 0 Å². The summed E-state index contributed by atoms with van der Waals surface area (Å²) in [6.45, 7) is 6.93. The van der Waals surface area contributed by atoms with Crippen LogP contribution < -0.4 is 0 Å². The highest BCUT2D eigenvalue weighted by molar-refractivity contribution is 4.62. The van der Waals surface area contributed by atoms with E-state index in [1.165, 1.54) is 12.8 Å². The highest BCUT2D eigenvalue weighted by Gasteiger charge is 2.13. The Morgan fingerprint density at radius 2 is 2.00 bits per heavy atom. The molecule has 1 rings (SSSR count). The minimum absolute atomic E-state index is 0.373. The first-order chi connectivity index (χ1) is 5.29. The summed E-state index contributed by atoms with van der Waals surface area (Å²) in [7, 11) is 0. The predicted molar refractivity (Wildman–Crippen MR) is 44.6 cm³/mol. The molecule has 0 radical (unpaired) electrons. The third kappa shape index (κ3) is 3.73. The summed E-state index contributed by atoms with van der Waals surface area (Å²) in [5.74, 6) is 0.742. The van der Waals surface area contributed by atoms with Crippen LogP contribution in [0, 0.1) is 5.92 Å². The van der Waals surface area contributed by atoms with E-state index in [1.807, 2.05) is 0 Å². The summed E-state index contributed by atoms with van der Waals surface area (Å²) >= 11 is 0. The molecule has 0 aromatic carbocycles. The van der Waals surface area contributed by atoms with Gasteiger partial charge < -0.3 is 9.47 Å². The Kier molecular flexibility index (Phi) is 3.87. The second-order valence-corrected chi connectivity index (χ2v) is 3.44. The maximum absolute atomic E-state index is 5.53. The van der Waals surface area contributed by atoms with Gasteiger partial charge in [0, 0.05) is 19.8 Å².